The Hall–Kier alpha value is -1.08. The molecule has 0 N–H and O–H groups in total. The molecule has 0 saturated carbocycles. The van der Waals surface area contributed by atoms with Crippen LogP contribution in [0, 0.1) is 6.92 Å². The molecule has 2 aromatic rings. The van der Waals surface area contributed by atoms with Gasteiger partial charge in [0.2, 0.25) is 0 Å². The topological polar surface area (TPSA) is 0 Å². The van der Waals surface area contributed by atoms with E-state index in [2.05, 4.69) is 85.2 Å². The van der Waals surface area contributed by atoms with E-state index in [1.807, 2.05) is 0 Å². The van der Waals surface area contributed by atoms with E-state index in [9.17, 15) is 0 Å². The maximum Gasteiger partial charge on any atom is 0.0283 e. The number of halogens is 1. The Morgan fingerprint density at radius 1 is 0.833 bits per heavy atom. The molecule has 0 aliphatic carbocycles. The summed E-state index contributed by atoms with van der Waals surface area (Å²) in [6, 6.07) is 17.7. The van der Waals surface area contributed by atoms with E-state index in [1.165, 1.54) is 22.3 Å². The van der Waals surface area contributed by atoms with Gasteiger partial charge in [-0.05, 0) is 23.6 Å². The third-order valence-electron chi connectivity index (χ3n) is 3.60. The van der Waals surface area contributed by atoms with Gasteiger partial charge in [-0.3, -0.25) is 0 Å². The number of rotatable bonds is 3. The molecule has 0 saturated heterocycles. The molecule has 1 heteroatoms. The predicted octanol–water partition coefficient (Wildman–Crippen LogP) is 5.22. The number of hydrogen-bond donors (Lipinski definition) is 0. The van der Waals surface area contributed by atoms with Gasteiger partial charge in [0.1, 0.15) is 0 Å². The highest BCUT2D eigenvalue weighted by molar-refractivity contribution is 9.08. The first-order valence-electron chi connectivity index (χ1n) is 6.26. The standard InChI is InChI=1S/C17H19Br/c1-13-4-8-15(9-5-13)17(2,3)16-10-6-14(12-18)7-11-16/h4-11H,12H2,1-3H3. The molecule has 0 unspecified atom stereocenters. The lowest BCUT2D eigenvalue weighted by molar-refractivity contribution is 0.640. The average Bonchev–Trinajstić information content (AvgIpc) is 2.39. The molecule has 0 fully saturated rings. The SMILES string of the molecule is Cc1ccc(C(C)(C)c2ccc(CBr)cc2)cc1. The lowest BCUT2D eigenvalue weighted by Gasteiger charge is -2.26. The van der Waals surface area contributed by atoms with Crippen molar-refractivity contribution in [1.82, 2.24) is 0 Å². The third kappa shape index (κ3) is 2.67. The first-order chi connectivity index (χ1) is 8.54. The molecular formula is C17H19Br. The van der Waals surface area contributed by atoms with E-state index in [-0.39, 0.29) is 5.41 Å². The molecule has 94 valence electrons. The second-order valence-electron chi connectivity index (χ2n) is 5.32. The van der Waals surface area contributed by atoms with Crippen LogP contribution in [0.4, 0.5) is 0 Å². The van der Waals surface area contributed by atoms with E-state index in [1.54, 1.807) is 0 Å². The predicted molar refractivity (Wildman–Crippen MR) is 82.4 cm³/mol. The molecule has 0 spiro atoms. The van der Waals surface area contributed by atoms with Crippen LogP contribution in [-0.4, -0.2) is 0 Å². The second kappa shape index (κ2) is 5.27. The van der Waals surface area contributed by atoms with Gasteiger partial charge in [-0.15, -0.1) is 0 Å². The lowest BCUT2D eigenvalue weighted by atomic mass is 9.78. The minimum atomic E-state index is 0.0541. The van der Waals surface area contributed by atoms with Crippen molar-refractivity contribution in [2.45, 2.75) is 31.5 Å². The van der Waals surface area contributed by atoms with Crippen LogP contribution in [0.15, 0.2) is 48.5 Å². The summed E-state index contributed by atoms with van der Waals surface area (Å²) in [5, 5.41) is 0.915. The van der Waals surface area contributed by atoms with Gasteiger partial charge in [0.25, 0.3) is 0 Å². The molecule has 18 heavy (non-hydrogen) atoms. The van der Waals surface area contributed by atoms with Crippen molar-refractivity contribution >= 4 is 15.9 Å². The molecule has 0 amide bonds. The van der Waals surface area contributed by atoms with Gasteiger partial charge in [-0.25, -0.2) is 0 Å². The van der Waals surface area contributed by atoms with Crippen molar-refractivity contribution in [2.24, 2.45) is 0 Å². The molecule has 2 rings (SSSR count). The summed E-state index contributed by atoms with van der Waals surface area (Å²) < 4.78 is 0. The van der Waals surface area contributed by atoms with E-state index in [0.29, 0.717) is 0 Å². The van der Waals surface area contributed by atoms with Crippen molar-refractivity contribution < 1.29 is 0 Å². The Morgan fingerprint density at radius 2 is 1.28 bits per heavy atom. The molecular weight excluding hydrogens is 284 g/mol. The second-order valence-corrected chi connectivity index (χ2v) is 5.88. The fraction of sp³-hybridized carbons (Fsp3) is 0.294. The van der Waals surface area contributed by atoms with Crippen molar-refractivity contribution in [1.29, 1.82) is 0 Å². The van der Waals surface area contributed by atoms with Crippen LogP contribution >= 0.6 is 15.9 Å². The van der Waals surface area contributed by atoms with E-state index >= 15 is 0 Å². The number of alkyl halides is 1. The minimum Gasteiger partial charge on any atom is -0.0876 e. The van der Waals surface area contributed by atoms with Crippen molar-refractivity contribution in [3.8, 4) is 0 Å². The van der Waals surface area contributed by atoms with Crippen molar-refractivity contribution in [3.63, 3.8) is 0 Å². The van der Waals surface area contributed by atoms with Gasteiger partial charge in [0, 0.05) is 10.7 Å². The Labute approximate surface area is 118 Å². The van der Waals surface area contributed by atoms with Gasteiger partial charge >= 0.3 is 0 Å². The zero-order chi connectivity index (χ0) is 13.2. The monoisotopic (exact) mass is 302 g/mol. The first kappa shape index (κ1) is 13.4. The van der Waals surface area contributed by atoms with Gasteiger partial charge < -0.3 is 0 Å². The lowest BCUT2D eigenvalue weighted by Crippen LogP contribution is -2.18. The van der Waals surface area contributed by atoms with E-state index in [0.717, 1.165) is 5.33 Å². The first-order valence-corrected chi connectivity index (χ1v) is 7.39. The van der Waals surface area contributed by atoms with Gasteiger partial charge in [0.15, 0.2) is 0 Å². The number of benzene rings is 2. The van der Waals surface area contributed by atoms with Gasteiger partial charge in [-0.2, -0.15) is 0 Å². The van der Waals surface area contributed by atoms with Crippen LogP contribution in [-0.2, 0) is 10.7 Å². The van der Waals surface area contributed by atoms with Crippen LogP contribution in [0.3, 0.4) is 0 Å². The molecule has 0 radical (unpaired) electrons. The molecule has 2 aromatic carbocycles. The summed E-state index contributed by atoms with van der Waals surface area (Å²) in [5.74, 6) is 0. The number of aryl methyl sites for hydroxylation is 1. The molecule has 0 nitrogen and oxygen atoms in total. The zero-order valence-corrected chi connectivity index (χ0v) is 12.8. The highest BCUT2D eigenvalue weighted by Gasteiger charge is 2.22. The van der Waals surface area contributed by atoms with Crippen molar-refractivity contribution in [3.05, 3.63) is 70.8 Å². The Kier molecular flexibility index (Phi) is 3.91. The Bertz CT molecular complexity index is 506. The summed E-state index contributed by atoms with van der Waals surface area (Å²) in [6.07, 6.45) is 0. The minimum absolute atomic E-state index is 0.0541. The molecule has 0 aliphatic heterocycles. The van der Waals surface area contributed by atoms with Crippen LogP contribution in [0.2, 0.25) is 0 Å². The summed E-state index contributed by atoms with van der Waals surface area (Å²) >= 11 is 3.49. The third-order valence-corrected chi connectivity index (χ3v) is 4.25. The zero-order valence-electron chi connectivity index (χ0n) is 11.2. The largest absolute Gasteiger partial charge is 0.0876 e. The summed E-state index contributed by atoms with van der Waals surface area (Å²) in [7, 11) is 0. The molecule has 0 aromatic heterocycles. The molecule has 0 bridgehead atoms. The molecule has 0 heterocycles. The fourth-order valence-corrected chi connectivity index (χ4v) is 2.52. The van der Waals surface area contributed by atoms with Crippen molar-refractivity contribution in [2.75, 3.05) is 0 Å². The molecule has 0 aliphatic rings. The van der Waals surface area contributed by atoms with Crippen LogP contribution in [0.1, 0.15) is 36.1 Å². The van der Waals surface area contributed by atoms with Crippen LogP contribution in [0.25, 0.3) is 0 Å². The smallest absolute Gasteiger partial charge is 0.0283 e. The van der Waals surface area contributed by atoms with E-state index in [4.69, 9.17) is 0 Å². The number of hydrogen-bond acceptors (Lipinski definition) is 0. The maximum absolute atomic E-state index is 3.49. The summed E-state index contributed by atoms with van der Waals surface area (Å²) in [5.41, 5.74) is 5.40. The van der Waals surface area contributed by atoms with Gasteiger partial charge in [-0.1, -0.05) is 83.9 Å². The maximum atomic E-state index is 3.49. The fourth-order valence-electron chi connectivity index (χ4n) is 2.15. The Balaban J connectivity index is 2.37. The quantitative estimate of drug-likeness (QED) is 0.682. The normalized spacial score (nSPS) is 11.6. The molecule has 0 atom stereocenters. The highest BCUT2D eigenvalue weighted by Crippen LogP contribution is 2.31. The van der Waals surface area contributed by atoms with Crippen LogP contribution < -0.4 is 0 Å². The van der Waals surface area contributed by atoms with E-state index < -0.39 is 0 Å². The average molecular weight is 303 g/mol. The Morgan fingerprint density at radius 3 is 1.72 bits per heavy atom. The van der Waals surface area contributed by atoms with Gasteiger partial charge in [0.05, 0.1) is 0 Å². The highest BCUT2D eigenvalue weighted by atomic mass is 79.9. The van der Waals surface area contributed by atoms with Crippen LogP contribution in [0.5, 0.6) is 0 Å². The summed E-state index contributed by atoms with van der Waals surface area (Å²) in [4.78, 5) is 0. The summed E-state index contributed by atoms with van der Waals surface area (Å²) in [6.45, 7) is 6.68.